The van der Waals surface area contributed by atoms with E-state index in [0.29, 0.717) is 19.5 Å². The third-order valence-electron chi connectivity index (χ3n) is 3.74. The molecule has 0 aromatic carbocycles. The fourth-order valence-corrected chi connectivity index (χ4v) is 3.78. The fourth-order valence-electron chi connectivity index (χ4n) is 2.49. The van der Waals surface area contributed by atoms with E-state index in [4.69, 9.17) is 12.2 Å². The second kappa shape index (κ2) is 6.53. The Bertz CT molecular complexity index is 704. The van der Waals surface area contributed by atoms with E-state index < -0.39 is 0 Å². The smallest absolute Gasteiger partial charge is 0.228 e. The Hall–Kier alpha value is -1.80. The molecular weight excluding hydrogens is 318 g/mol. The van der Waals surface area contributed by atoms with Crippen LogP contribution in [0.4, 0.5) is 5.82 Å². The van der Waals surface area contributed by atoms with Gasteiger partial charge in [-0.3, -0.25) is 9.78 Å². The molecule has 0 aliphatic carbocycles. The number of nitrogens with one attached hydrogen (secondary N) is 1. The fraction of sp³-hybridized carbons (Fsp3) is 0.429. The normalized spacial score (nSPS) is 15.1. The molecule has 0 spiro atoms. The third kappa shape index (κ3) is 3.33. The standard InChI is InChI=1S/C14H17N5OS2/c1-10-11(22-14(21)17-10)8-13(20)19-6-4-18(5-7-19)12-9-15-2-3-16-12/h2-3,9H,4-8H2,1H3,(H,17,21). The van der Waals surface area contributed by atoms with Crippen molar-refractivity contribution in [1.82, 2.24) is 19.9 Å². The highest BCUT2D eigenvalue weighted by Crippen LogP contribution is 2.17. The zero-order valence-electron chi connectivity index (χ0n) is 12.3. The minimum absolute atomic E-state index is 0.159. The van der Waals surface area contributed by atoms with Gasteiger partial charge in [-0.15, -0.1) is 11.3 Å². The lowest BCUT2D eigenvalue weighted by molar-refractivity contribution is -0.130. The molecule has 2 aromatic heterocycles. The van der Waals surface area contributed by atoms with Crippen LogP contribution in [0.15, 0.2) is 18.6 Å². The average Bonchev–Trinajstić information content (AvgIpc) is 2.86. The van der Waals surface area contributed by atoms with Gasteiger partial charge in [0, 0.05) is 49.1 Å². The zero-order valence-corrected chi connectivity index (χ0v) is 13.9. The van der Waals surface area contributed by atoms with Crippen LogP contribution in [0, 0.1) is 10.9 Å². The molecule has 22 heavy (non-hydrogen) atoms. The van der Waals surface area contributed by atoms with Gasteiger partial charge in [-0.05, 0) is 19.1 Å². The van der Waals surface area contributed by atoms with Crippen molar-refractivity contribution in [2.45, 2.75) is 13.3 Å². The van der Waals surface area contributed by atoms with Crippen LogP contribution >= 0.6 is 23.6 Å². The number of aromatic amines is 1. The molecular formula is C14H17N5OS2. The molecule has 1 N–H and O–H groups in total. The highest BCUT2D eigenvalue weighted by molar-refractivity contribution is 7.73. The van der Waals surface area contributed by atoms with Crippen molar-refractivity contribution in [2.24, 2.45) is 0 Å². The van der Waals surface area contributed by atoms with Crippen molar-refractivity contribution in [3.63, 3.8) is 0 Å². The van der Waals surface area contributed by atoms with Crippen LogP contribution < -0.4 is 4.90 Å². The van der Waals surface area contributed by atoms with Crippen molar-refractivity contribution in [1.29, 1.82) is 0 Å². The quantitative estimate of drug-likeness (QED) is 0.867. The van der Waals surface area contributed by atoms with Crippen molar-refractivity contribution >= 4 is 35.3 Å². The number of aromatic nitrogens is 3. The number of carbonyl (C=O) groups excluding carboxylic acids is 1. The van der Waals surface area contributed by atoms with Gasteiger partial charge < -0.3 is 14.8 Å². The van der Waals surface area contributed by atoms with Gasteiger partial charge in [0.05, 0.1) is 12.6 Å². The van der Waals surface area contributed by atoms with Gasteiger partial charge in [0.25, 0.3) is 0 Å². The van der Waals surface area contributed by atoms with E-state index >= 15 is 0 Å². The minimum atomic E-state index is 0.159. The Balaban J connectivity index is 1.58. The Labute approximate surface area is 137 Å². The number of carbonyl (C=O) groups is 1. The first-order valence-corrected chi connectivity index (χ1v) is 8.33. The molecule has 0 unspecified atom stereocenters. The maximum atomic E-state index is 12.4. The summed E-state index contributed by atoms with van der Waals surface area (Å²) in [4.78, 5) is 29.0. The number of piperazine rings is 1. The molecule has 1 amide bonds. The predicted molar refractivity (Wildman–Crippen MR) is 88.8 cm³/mol. The van der Waals surface area contributed by atoms with Gasteiger partial charge in [0.15, 0.2) is 3.95 Å². The maximum absolute atomic E-state index is 12.4. The van der Waals surface area contributed by atoms with E-state index in [9.17, 15) is 4.79 Å². The highest BCUT2D eigenvalue weighted by Gasteiger charge is 2.22. The molecule has 0 saturated carbocycles. The van der Waals surface area contributed by atoms with Crippen molar-refractivity contribution in [3.05, 3.63) is 33.1 Å². The number of amides is 1. The summed E-state index contributed by atoms with van der Waals surface area (Å²) in [5.74, 6) is 1.03. The van der Waals surface area contributed by atoms with Gasteiger partial charge in [-0.2, -0.15) is 0 Å². The summed E-state index contributed by atoms with van der Waals surface area (Å²) in [6.07, 6.45) is 5.54. The van der Waals surface area contributed by atoms with Gasteiger partial charge in [-0.25, -0.2) is 4.98 Å². The van der Waals surface area contributed by atoms with Gasteiger partial charge >= 0.3 is 0 Å². The van der Waals surface area contributed by atoms with Crippen LogP contribution in [0.1, 0.15) is 10.6 Å². The lowest BCUT2D eigenvalue weighted by atomic mass is 10.2. The number of hydrogen-bond acceptors (Lipinski definition) is 6. The van der Waals surface area contributed by atoms with E-state index in [1.807, 2.05) is 11.8 Å². The Kier molecular flexibility index (Phi) is 4.49. The number of rotatable bonds is 3. The molecule has 1 aliphatic rings. The molecule has 0 bridgehead atoms. The molecule has 6 nitrogen and oxygen atoms in total. The van der Waals surface area contributed by atoms with Crippen LogP contribution in [0.25, 0.3) is 0 Å². The highest BCUT2D eigenvalue weighted by atomic mass is 32.1. The topological polar surface area (TPSA) is 65.1 Å². The van der Waals surface area contributed by atoms with Crippen molar-refractivity contribution < 1.29 is 4.79 Å². The Morgan fingerprint density at radius 1 is 1.36 bits per heavy atom. The van der Waals surface area contributed by atoms with Crippen LogP contribution in [0.5, 0.6) is 0 Å². The van der Waals surface area contributed by atoms with Crippen molar-refractivity contribution in [3.8, 4) is 0 Å². The number of anilines is 1. The molecule has 0 radical (unpaired) electrons. The maximum Gasteiger partial charge on any atom is 0.228 e. The van der Waals surface area contributed by atoms with Gasteiger partial charge in [0.1, 0.15) is 5.82 Å². The van der Waals surface area contributed by atoms with Crippen LogP contribution in [0.3, 0.4) is 0 Å². The lowest BCUT2D eigenvalue weighted by Gasteiger charge is -2.35. The zero-order chi connectivity index (χ0) is 15.5. The number of nitrogens with zero attached hydrogens (tertiary/aromatic N) is 4. The van der Waals surface area contributed by atoms with E-state index in [-0.39, 0.29) is 5.91 Å². The van der Waals surface area contributed by atoms with E-state index in [1.54, 1.807) is 18.6 Å². The summed E-state index contributed by atoms with van der Waals surface area (Å²) in [6.45, 7) is 4.95. The van der Waals surface area contributed by atoms with E-state index in [2.05, 4.69) is 19.9 Å². The van der Waals surface area contributed by atoms with Crippen molar-refractivity contribution in [2.75, 3.05) is 31.1 Å². The molecule has 8 heteroatoms. The third-order valence-corrected chi connectivity index (χ3v) is 5.08. The monoisotopic (exact) mass is 335 g/mol. The number of H-pyrrole nitrogens is 1. The van der Waals surface area contributed by atoms with E-state index in [0.717, 1.165) is 33.4 Å². The molecule has 3 heterocycles. The SMILES string of the molecule is Cc1[nH]c(=S)sc1CC(=O)N1CCN(c2cnccn2)CC1. The first-order valence-electron chi connectivity index (χ1n) is 7.11. The number of aryl methyl sites for hydroxylation is 1. The van der Waals surface area contributed by atoms with Crippen LogP contribution in [0.2, 0.25) is 0 Å². The molecule has 1 fully saturated rings. The Morgan fingerprint density at radius 2 is 2.14 bits per heavy atom. The predicted octanol–water partition coefficient (Wildman–Crippen LogP) is 1.80. The van der Waals surface area contributed by atoms with Gasteiger partial charge in [0.2, 0.25) is 5.91 Å². The second-order valence-corrected chi connectivity index (χ2v) is 6.94. The summed E-state index contributed by atoms with van der Waals surface area (Å²) in [5.41, 5.74) is 1.00. The molecule has 0 atom stereocenters. The second-order valence-electron chi connectivity index (χ2n) is 5.17. The van der Waals surface area contributed by atoms with Crippen LogP contribution in [-0.4, -0.2) is 51.9 Å². The number of hydrogen-bond donors (Lipinski definition) is 1. The van der Waals surface area contributed by atoms with Gasteiger partial charge in [-0.1, -0.05) is 0 Å². The molecule has 2 aromatic rings. The minimum Gasteiger partial charge on any atom is -0.352 e. The molecule has 1 saturated heterocycles. The first-order chi connectivity index (χ1) is 10.6. The largest absolute Gasteiger partial charge is 0.352 e. The van der Waals surface area contributed by atoms with E-state index in [1.165, 1.54) is 11.3 Å². The summed E-state index contributed by atoms with van der Waals surface area (Å²) in [6, 6.07) is 0. The summed E-state index contributed by atoms with van der Waals surface area (Å²) in [7, 11) is 0. The number of thiazole rings is 1. The molecule has 1 aliphatic heterocycles. The molecule has 3 rings (SSSR count). The summed E-state index contributed by atoms with van der Waals surface area (Å²) < 4.78 is 0.729. The Morgan fingerprint density at radius 3 is 2.73 bits per heavy atom. The lowest BCUT2D eigenvalue weighted by Crippen LogP contribution is -2.49. The van der Waals surface area contributed by atoms with Crippen LogP contribution in [-0.2, 0) is 11.2 Å². The molecule has 116 valence electrons. The summed E-state index contributed by atoms with van der Waals surface area (Å²) >= 11 is 6.60. The average molecular weight is 335 g/mol. The first kappa shape index (κ1) is 15.1. The summed E-state index contributed by atoms with van der Waals surface area (Å²) in [5, 5.41) is 0.